The number of halogens is 2. The van der Waals surface area contributed by atoms with Crippen LogP contribution in [0.4, 0.5) is 8.78 Å². The molecule has 0 radical (unpaired) electrons. The van der Waals surface area contributed by atoms with Gasteiger partial charge in [-0.05, 0) is 12.2 Å². The number of hydrogen-bond donors (Lipinski definition) is 6. The Balaban J connectivity index is 2.34. The molecule has 1 fully saturated rings. The number of aromatic nitrogens is 2. The van der Waals surface area contributed by atoms with E-state index in [1.54, 1.807) is 4.98 Å². The Labute approximate surface area is 154 Å². The summed E-state index contributed by atoms with van der Waals surface area (Å²) in [6.07, 6.45) is -7.95. The Hall–Kier alpha value is -0.900. The number of H-pyrrole nitrogens is 1. The Morgan fingerprint density at radius 1 is 1.44 bits per heavy atom. The van der Waals surface area contributed by atoms with Crippen molar-refractivity contribution < 1.29 is 57.7 Å². The van der Waals surface area contributed by atoms with Crippen LogP contribution < -0.4 is 5.56 Å². The third kappa shape index (κ3) is 5.13. The van der Waals surface area contributed by atoms with Crippen LogP contribution in [0.5, 0.6) is 0 Å². The van der Waals surface area contributed by atoms with Gasteiger partial charge in [-0.2, -0.15) is 8.70 Å². The molecule has 6 N–H and O–H groups in total. The predicted octanol–water partition coefficient (Wildman–Crippen LogP) is -0.812. The molecule has 1 saturated heterocycles. The Kier molecular flexibility index (Phi) is 5.78. The molecule has 13 nitrogen and oxygen atoms in total. The van der Waals surface area contributed by atoms with Crippen molar-refractivity contribution in [1.29, 1.82) is 0 Å². The minimum absolute atomic E-state index is 0.249. The van der Waals surface area contributed by atoms with Gasteiger partial charge in [0.1, 0.15) is 18.8 Å². The molecule has 1 aliphatic heterocycles. The average molecular weight is 457 g/mol. The van der Waals surface area contributed by atoms with E-state index in [-0.39, 0.29) is 10.8 Å². The zero-order valence-corrected chi connectivity index (χ0v) is 15.2. The number of ether oxygens (including phenoxy) is 1. The van der Waals surface area contributed by atoms with Crippen molar-refractivity contribution in [2.75, 3.05) is 6.61 Å². The Morgan fingerprint density at radius 3 is 2.59 bits per heavy atom. The van der Waals surface area contributed by atoms with Crippen molar-refractivity contribution >= 4 is 27.9 Å². The van der Waals surface area contributed by atoms with Gasteiger partial charge in [0.15, 0.2) is 11.0 Å². The smallest absolute Gasteiger partial charge is 0.385 e. The Bertz CT molecular complexity index is 986. The van der Waals surface area contributed by atoms with Gasteiger partial charge in [-0.1, -0.05) is 0 Å². The first kappa shape index (κ1) is 20.8. The van der Waals surface area contributed by atoms with Crippen molar-refractivity contribution in [3.8, 4) is 0 Å². The van der Waals surface area contributed by atoms with E-state index >= 15 is 0 Å². The number of aliphatic hydroxyl groups excluding tert-OH is 2. The average Bonchev–Trinajstić information content (AvgIpc) is 2.69. The van der Waals surface area contributed by atoms with E-state index in [0.29, 0.717) is 0 Å². The highest BCUT2D eigenvalue weighted by molar-refractivity contribution is 7.71. The first-order chi connectivity index (χ1) is 12.5. The SMILES string of the molecule is [2H][C@@]1(n2cc(F)c(=O)[nH]c2=S)O[C@](F)(COP(=O)(O)OP(=O)(O)O)[C@@H](O)[C@H]1O. The predicted molar refractivity (Wildman–Crippen MR) is 80.7 cm³/mol. The summed E-state index contributed by atoms with van der Waals surface area (Å²) >= 11 is 4.66. The second-order valence-corrected chi connectivity index (χ2v) is 8.25. The van der Waals surface area contributed by atoms with E-state index in [9.17, 15) is 32.9 Å². The highest BCUT2D eigenvalue weighted by Gasteiger charge is 2.57. The maximum atomic E-state index is 14.8. The fourth-order valence-electron chi connectivity index (χ4n) is 1.91. The van der Waals surface area contributed by atoms with Crippen LogP contribution in [0.15, 0.2) is 11.0 Å². The zero-order valence-electron chi connectivity index (χ0n) is 13.6. The molecule has 27 heavy (non-hydrogen) atoms. The summed E-state index contributed by atoms with van der Waals surface area (Å²) in [5.41, 5.74) is -1.30. The van der Waals surface area contributed by atoms with Gasteiger partial charge in [-0.15, -0.1) is 0 Å². The second kappa shape index (κ2) is 7.50. The van der Waals surface area contributed by atoms with Gasteiger partial charge in [0, 0.05) is 0 Å². The summed E-state index contributed by atoms with van der Waals surface area (Å²) in [6, 6.07) is 0. The van der Waals surface area contributed by atoms with Crippen LogP contribution in [0.1, 0.15) is 7.57 Å². The lowest BCUT2D eigenvalue weighted by atomic mass is 10.1. The van der Waals surface area contributed by atoms with Gasteiger partial charge in [0.05, 0.1) is 7.57 Å². The summed E-state index contributed by atoms with van der Waals surface area (Å²) < 4.78 is 69.7. The molecule has 154 valence electrons. The molecule has 2 heterocycles. The lowest BCUT2D eigenvalue weighted by Crippen LogP contribution is -2.42. The van der Waals surface area contributed by atoms with Crippen molar-refractivity contribution in [2.24, 2.45) is 0 Å². The number of nitrogens with one attached hydrogen (secondary N) is 1. The van der Waals surface area contributed by atoms with Crippen LogP contribution in [0.2, 0.25) is 0 Å². The van der Waals surface area contributed by atoms with Crippen LogP contribution in [0, 0.1) is 10.6 Å². The largest absolute Gasteiger partial charge is 0.481 e. The third-order valence-electron chi connectivity index (χ3n) is 3.04. The molecule has 5 atom stereocenters. The second-order valence-electron chi connectivity index (χ2n) is 5.04. The number of alkyl halides is 1. The maximum Gasteiger partial charge on any atom is 0.481 e. The molecule has 0 amide bonds. The van der Waals surface area contributed by atoms with E-state index < -0.39 is 62.7 Å². The summed E-state index contributed by atoms with van der Waals surface area (Å²) in [5, 5.41) is 19.8. The number of phosphoric acid groups is 2. The van der Waals surface area contributed by atoms with Crippen molar-refractivity contribution in [3.05, 3.63) is 27.1 Å². The third-order valence-corrected chi connectivity index (χ3v) is 5.47. The van der Waals surface area contributed by atoms with Crippen molar-refractivity contribution in [2.45, 2.75) is 24.3 Å². The van der Waals surface area contributed by atoms with E-state index in [4.69, 9.17) is 16.1 Å². The molecule has 0 aromatic carbocycles. The van der Waals surface area contributed by atoms with Crippen molar-refractivity contribution in [1.82, 2.24) is 9.55 Å². The molecule has 0 bridgehead atoms. The molecule has 0 aliphatic carbocycles. The van der Waals surface area contributed by atoms with Crippen LogP contribution in [-0.2, 0) is 22.7 Å². The summed E-state index contributed by atoms with van der Waals surface area (Å²) in [5.74, 6) is -5.13. The summed E-state index contributed by atoms with van der Waals surface area (Å²) in [4.78, 5) is 39.0. The quantitative estimate of drug-likeness (QED) is 0.230. The van der Waals surface area contributed by atoms with Crippen LogP contribution in [-0.4, -0.2) is 59.1 Å². The molecule has 0 saturated carbocycles. The lowest BCUT2D eigenvalue weighted by molar-refractivity contribution is -0.204. The molecule has 2 rings (SSSR count). The highest BCUT2D eigenvalue weighted by atomic mass is 32.1. The number of phosphoric ester groups is 1. The van der Waals surface area contributed by atoms with E-state index in [1.807, 2.05) is 0 Å². The first-order valence-corrected chi connectivity index (χ1v) is 9.95. The van der Waals surface area contributed by atoms with Crippen molar-refractivity contribution in [3.63, 3.8) is 0 Å². The molecule has 1 unspecified atom stereocenters. The lowest BCUT2D eigenvalue weighted by Gasteiger charge is -2.24. The highest BCUT2D eigenvalue weighted by Crippen LogP contribution is 2.58. The fourth-order valence-corrected chi connectivity index (χ4v) is 3.75. The van der Waals surface area contributed by atoms with Crippen LogP contribution >= 0.6 is 27.9 Å². The molecule has 1 aliphatic rings. The molecule has 18 heteroatoms. The first-order valence-electron chi connectivity index (χ1n) is 7.02. The fraction of sp³-hybridized carbons (Fsp3) is 0.556. The standard InChI is InChI=1S/C9H12F2N2O11P2S/c10-3-1-13(8(27)12-6(3)16)7-4(14)5(15)9(11,23-7)2-22-26(20,21)24-25(17,18)19/h1,4-5,7,14-15H,2H2,(H,20,21)(H,12,16,27)(H2,17,18,19)/t4-,5+,7-,9-/m1/s1/i7D. The Morgan fingerprint density at radius 2 is 2.04 bits per heavy atom. The number of aromatic amines is 1. The molecule has 1 aromatic heterocycles. The zero-order chi connectivity index (χ0) is 21.7. The monoisotopic (exact) mass is 457 g/mol. The molecule has 1 aromatic rings. The minimum Gasteiger partial charge on any atom is -0.385 e. The molecular weight excluding hydrogens is 444 g/mol. The molecular formula is C9H12F2N2O11P2S. The normalized spacial score (nSPS) is 34.3. The molecule has 0 spiro atoms. The van der Waals surface area contributed by atoms with Gasteiger partial charge >= 0.3 is 15.6 Å². The van der Waals surface area contributed by atoms with Gasteiger partial charge in [0.25, 0.3) is 11.4 Å². The van der Waals surface area contributed by atoms with Gasteiger partial charge in [0.2, 0.25) is 5.82 Å². The van der Waals surface area contributed by atoms with E-state index in [1.165, 1.54) is 0 Å². The van der Waals surface area contributed by atoms with Gasteiger partial charge in [-0.3, -0.25) is 18.9 Å². The summed E-state index contributed by atoms with van der Waals surface area (Å²) in [6.45, 7) is -1.77. The number of rotatable bonds is 6. The van der Waals surface area contributed by atoms with Gasteiger partial charge in [-0.25, -0.2) is 13.5 Å². The minimum atomic E-state index is -5.56. The summed E-state index contributed by atoms with van der Waals surface area (Å²) in [7, 11) is -11.1. The number of hydrogen-bond acceptors (Lipinski definition) is 9. The number of aliphatic hydroxyl groups is 2. The van der Waals surface area contributed by atoms with Gasteiger partial charge < -0.3 is 29.6 Å². The van der Waals surface area contributed by atoms with Crippen LogP contribution in [0.3, 0.4) is 0 Å². The number of nitrogens with zero attached hydrogens (tertiary/aromatic N) is 1. The van der Waals surface area contributed by atoms with Crippen LogP contribution in [0.25, 0.3) is 0 Å². The maximum absolute atomic E-state index is 14.8. The van der Waals surface area contributed by atoms with E-state index in [0.717, 1.165) is 0 Å². The topological polar surface area (TPSA) is 201 Å². The van der Waals surface area contributed by atoms with E-state index in [2.05, 4.69) is 25.8 Å².